The molecule has 6 nitrogen and oxygen atoms in total. The molecule has 1 amide bonds. The Labute approximate surface area is 115 Å². The van der Waals surface area contributed by atoms with Crippen LogP contribution in [0.4, 0.5) is 5.13 Å². The highest BCUT2D eigenvalue weighted by Gasteiger charge is 2.32. The lowest BCUT2D eigenvalue weighted by Crippen LogP contribution is -2.50. The Bertz CT molecular complexity index is 464. The number of hydrogen-bond acceptors (Lipinski definition) is 6. The number of nitrogens with two attached hydrogens (primary N) is 1. The lowest BCUT2D eigenvalue weighted by Gasteiger charge is -2.35. The molecule has 3 rings (SSSR count). The number of thiazole rings is 1. The van der Waals surface area contributed by atoms with Crippen LogP contribution in [0.15, 0.2) is 5.38 Å². The van der Waals surface area contributed by atoms with Gasteiger partial charge >= 0.3 is 0 Å². The van der Waals surface area contributed by atoms with Crippen molar-refractivity contribution >= 4 is 22.4 Å². The van der Waals surface area contributed by atoms with Crippen LogP contribution in [0.25, 0.3) is 0 Å². The van der Waals surface area contributed by atoms with Crippen LogP contribution in [-0.2, 0) is 4.74 Å². The zero-order chi connectivity index (χ0) is 13.2. The van der Waals surface area contributed by atoms with E-state index in [2.05, 4.69) is 15.2 Å². The first-order chi connectivity index (χ1) is 9.22. The molecule has 0 aliphatic carbocycles. The summed E-state index contributed by atoms with van der Waals surface area (Å²) in [7, 11) is 0. The van der Waals surface area contributed by atoms with Gasteiger partial charge in [0.05, 0.1) is 12.7 Å². The zero-order valence-electron chi connectivity index (χ0n) is 10.7. The first-order valence-electron chi connectivity index (χ1n) is 6.57. The monoisotopic (exact) mass is 282 g/mol. The Hall–Kier alpha value is -1.18. The first kappa shape index (κ1) is 12.8. The number of morpholine rings is 1. The van der Waals surface area contributed by atoms with E-state index in [1.54, 1.807) is 5.38 Å². The molecule has 2 aliphatic heterocycles. The van der Waals surface area contributed by atoms with E-state index in [0.717, 1.165) is 19.7 Å². The number of nitrogens with zero attached hydrogens (tertiary/aromatic N) is 2. The molecule has 0 radical (unpaired) electrons. The highest BCUT2D eigenvalue weighted by Crippen LogP contribution is 2.22. The van der Waals surface area contributed by atoms with E-state index < -0.39 is 0 Å². The number of carbonyl (C=O) groups excluding carboxylic acids is 1. The van der Waals surface area contributed by atoms with Gasteiger partial charge in [0.2, 0.25) is 0 Å². The van der Waals surface area contributed by atoms with Crippen molar-refractivity contribution in [2.75, 3.05) is 32.0 Å². The van der Waals surface area contributed by atoms with Gasteiger partial charge in [-0.15, -0.1) is 11.3 Å². The second-order valence-electron chi connectivity index (χ2n) is 5.03. The third kappa shape index (κ3) is 2.88. The minimum Gasteiger partial charge on any atom is -0.375 e. The van der Waals surface area contributed by atoms with Crippen molar-refractivity contribution < 1.29 is 9.53 Å². The van der Waals surface area contributed by atoms with Gasteiger partial charge in [0.1, 0.15) is 5.69 Å². The molecular weight excluding hydrogens is 264 g/mol. The van der Waals surface area contributed by atoms with E-state index in [-0.39, 0.29) is 12.0 Å². The number of amides is 1. The van der Waals surface area contributed by atoms with Crippen LogP contribution in [0, 0.1) is 0 Å². The Balaban J connectivity index is 1.48. The Morgan fingerprint density at radius 3 is 3.37 bits per heavy atom. The summed E-state index contributed by atoms with van der Waals surface area (Å²) in [4.78, 5) is 18.3. The molecule has 3 N–H and O–H groups in total. The molecule has 0 spiro atoms. The summed E-state index contributed by atoms with van der Waals surface area (Å²) in [6.45, 7) is 3.37. The molecule has 2 saturated heterocycles. The first-order valence-corrected chi connectivity index (χ1v) is 7.45. The van der Waals surface area contributed by atoms with Crippen molar-refractivity contribution in [3.05, 3.63) is 11.1 Å². The van der Waals surface area contributed by atoms with Gasteiger partial charge in [0, 0.05) is 24.5 Å². The molecule has 19 heavy (non-hydrogen) atoms. The number of rotatable bonds is 3. The fourth-order valence-corrected chi connectivity index (χ4v) is 3.24. The summed E-state index contributed by atoms with van der Waals surface area (Å²) >= 11 is 1.27. The maximum atomic E-state index is 11.8. The van der Waals surface area contributed by atoms with E-state index >= 15 is 0 Å². The predicted octanol–water partition coefficient (Wildman–Crippen LogP) is 0.318. The van der Waals surface area contributed by atoms with Gasteiger partial charge < -0.3 is 15.8 Å². The highest BCUT2D eigenvalue weighted by atomic mass is 32.1. The van der Waals surface area contributed by atoms with E-state index in [1.807, 2.05) is 0 Å². The maximum Gasteiger partial charge on any atom is 0.270 e. The van der Waals surface area contributed by atoms with Gasteiger partial charge in [0.15, 0.2) is 5.13 Å². The molecule has 104 valence electrons. The second kappa shape index (κ2) is 5.44. The van der Waals surface area contributed by atoms with E-state index in [0.29, 0.717) is 23.4 Å². The number of aromatic nitrogens is 1. The summed E-state index contributed by atoms with van der Waals surface area (Å²) in [5.74, 6) is -0.180. The molecule has 2 atom stereocenters. The minimum absolute atomic E-state index is 0.0780. The van der Waals surface area contributed by atoms with Crippen LogP contribution in [0.5, 0.6) is 0 Å². The maximum absolute atomic E-state index is 11.8. The number of anilines is 1. The Kier molecular flexibility index (Phi) is 3.67. The van der Waals surface area contributed by atoms with Crippen molar-refractivity contribution in [1.29, 1.82) is 0 Å². The summed E-state index contributed by atoms with van der Waals surface area (Å²) in [5, 5.41) is 4.95. The molecule has 2 fully saturated rings. The van der Waals surface area contributed by atoms with E-state index in [1.165, 1.54) is 24.2 Å². The van der Waals surface area contributed by atoms with Crippen LogP contribution in [0.2, 0.25) is 0 Å². The fraction of sp³-hybridized carbons (Fsp3) is 0.667. The fourth-order valence-electron chi connectivity index (χ4n) is 2.70. The molecule has 2 aliphatic rings. The van der Waals surface area contributed by atoms with Crippen LogP contribution in [-0.4, -0.2) is 54.2 Å². The van der Waals surface area contributed by atoms with Crippen molar-refractivity contribution in [2.24, 2.45) is 0 Å². The number of fused-ring (bicyclic) bond motifs is 1. The number of ether oxygens (including phenoxy) is 1. The van der Waals surface area contributed by atoms with Crippen LogP contribution in [0.3, 0.4) is 0 Å². The number of nitrogen functional groups attached to an aromatic ring is 1. The largest absolute Gasteiger partial charge is 0.375 e. The van der Waals surface area contributed by atoms with Gasteiger partial charge in [-0.1, -0.05) is 0 Å². The zero-order valence-corrected chi connectivity index (χ0v) is 11.5. The van der Waals surface area contributed by atoms with E-state index in [4.69, 9.17) is 10.5 Å². The van der Waals surface area contributed by atoms with Crippen LogP contribution in [0.1, 0.15) is 23.3 Å². The summed E-state index contributed by atoms with van der Waals surface area (Å²) in [6, 6.07) is 0.588. The summed E-state index contributed by atoms with van der Waals surface area (Å²) < 4.78 is 5.78. The molecule has 7 heteroatoms. The summed E-state index contributed by atoms with van der Waals surface area (Å²) in [6.07, 6.45) is 2.57. The van der Waals surface area contributed by atoms with Gasteiger partial charge in [-0.3, -0.25) is 9.69 Å². The predicted molar refractivity (Wildman–Crippen MR) is 73.2 cm³/mol. The third-order valence-electron chi connectivity index (χ3n) is 3.71. The smallest absolute Gasteiger partial charge is 0.270 e. The van der Waals surface area contributed by atoms with Gasteiger partial charge in [-0.2, -0.15) is 0 Å². The summed E-state index contributed by atoms with van der Waals surface area (Å²) in [5.41, 5.74) is 5.90. The Morgan fingerprint density at radius 2 is 2.58 bits per heavy atom. The molecule has 0 aromatic carbocycles. The minimum atomic E-state index is -0.180. The average Bonchev–Trinajstić information content (AvgIpc) is 3.03. The van der Waals surface area contributed by atoms with E-state index in [9.17, 15) is 4.79 Å². The van der Waals surface area contributed by atoms with Gasteiger partial charge in [-0.05, 0) is 19.4 Å². The third-order valence-corrected chi connectivity index (χ3v) is 4.38. The normalized spacial score (nSPS) is 27.2. The molecule has 3 heterocycles. The molecule has 1 aromatic rings. The molecule has 1 aromatic heterocycles. The SMILES string of the molecule is Nc1nc(C(=O)NCC2CN3CCCC3CO2)cs1. The quantitative estimate of drug-likeness (QED) is 0.834. The molecule has 0 bridgehead atoms. The van der Waals surface area contributed by atoms with Gasteiger partial charge in [0.25, 0.3) is 5.91 Å². The standard InChI is InChI=1S/C12H18N4O2S/c13-12-15-10(7-19-12)11(17)14-4-9-5-16-3-1-2-8(16)6-18-9/h7-9H,1-6H2,(H2,13,15)(H,14,17). The van der Waals surface area contributed by atoms with Crippen LogP contribution >= 0.6 is 11.3 Å². The van der Waals surface area contributed by atoms with Crippen molar-refractivity contribution in [3.63, 3.8) is 0 Å². The number of hydrogen-bond donors (Lipinski definition) is 2. The second-order valence-corrected chi connectivity index (χ2v) is 5.92. The lowest BCUT2D eigenvalue weighted by atomic mass is 10.2. The lowest BCUT2D eigenvalue weighted by molar-refractivity contribution is -0.0462. The topological polar surface area (TPSA) is 80.5 Å². The number of nitrogens with one attached hydrogen (secondary N) is 1. The van der Waals surface area contributed by atoms with Crippen molar-refractivity contribution in [3.8, 4) is 0 Å². The highest BCUT2D eigenvalue weighted by molar-refractivity contribution is 7.13. The van der Waals surface area contributed by atoms with Crippen LogP contribution < -0.4 is 11.1 Å². The number of carbonyl (C=O) groups is 1. The molecular formula is C12H18N4O2S. The van der Waals surface area contributed by atoms with Crippen molar-refractivity contribution in [2.45, 2.75) is 25.0 Å². The van der Waals surface area contributed by atoms with Gasteiger partial charge in [-0.25, -0.2) is 4.98 Å². The van der Waals surface area contributed by atoms with Crippen molar-refractivity contribution in [1.82, 2.24) is 15.2 Å². The molecule has 0 saturated carbocycles. The molecule has 2 unspecified atom stereocenters. The average molecular weight is 282 g/mol. The Morgan fingerprint density at radius 1 is 1.68 bits per heavy atom.